The number of anilines is 1. The molecule has 0 saturated carbocycles. The van der Waals surface area contributed by atoms with Gasteiger partial charge in [0, 0.05) is 6.54 Å². The molecule has 6 heteroatoms. The summed E-state index contributed by atoms with van der Waals surface area (Å²) in [6.07, 6.45) is 1.43. The van der Waals surface area contributed by atoms with Crippen molar-refractivity contribution in [3.63, 3.8) is 0 Å². The average Bonchev–Trinajstić information content (AvgIpc) is 2.78. The lowest BCUT2D eigenvalue weighted by atomic mass is 10.3. The summed E-state index contributed by atoms with van der Waals surface area (Å²) in [6, 6.07) is 4.01. The molecule has 0 amide bonds. The van der Waals surface area contributed by atoms with Crippen molar-refractivity contribution in [3.8, 4) is 0 Å². The zero-order chi connectivity index (χ0) is 12.3. The molecule has 0 aliphatic rings. The monoisotopic (exact) mass is 238 g/mol. The molecule has 1 heterocycles. The van der Waals surface area contributed by atoms with Gasteiger partial charge >= 0.3 is 0 Å². The van der Waals surface area contributed by atoms with Gasteiger partial charge in [0.15, 0.2) is 11.6 Å². The Balaban J connectivity index is 2.10. The van der Waals surface area contributed by atoms with Crippen molar-refractivity contribution in [1.29, 1.82) is 0 Å². The first-order valence-corrected chi connectivity index (χ1v) is 5.27. The average molecular weight is 238 g/mol. The van der Waals surface area contributed by atoms with E-state index in [2.05, 4.69) is 15.4 Å². The van der Waals surface area contributed by atoms with E-state index in [1.807, 2.05) is 6.92 Å². The Labute approximate surface area is 97.3 Å². The summed E-state index contributed by atoms with van der Waals surface area (Å²) < 4.78 is 28.0. The Kier molecular flexibility index (Phi) is 3.32. The van der Waals surface area contributed by atoms with Crippen LogP contribution < -0.4 is 5.32 Å². The summed E-state index contributed by atoms with van der Waals surface area (Å²) in [7, 11) is 0. The number of benzene rings is 1. The lowest BCUT2D eigenvalue weighted by Gasteiger charge is -2.07. The van der Waals surface area contributed by atoms with Gasteiger partial charge in [-0.15, -0.1) is 0 Å². The number of nitrogens with zero attached hydrogens (tertiary/aromatic N) is 3. The van der Waals surface area contributed by atoms with Gasteiger partial charge in [-0.1, -0.05) is 6.07 Å². The number of aromatic nitrogens is 3. The fourth-order valence-corrected chi connectivity index (χ4v) is 1.50. The van der Waals surface area contributed by atoms with Crippen LogP contribution in [0.1, 0.15) is 12.7 Å². The molecule has 0 atom stereocenters. The van der Waals surface area contributed by atoms with Crippen LogP contribution in [0, 0.1) is 11.6 Å². The highest BCUT2D eigenvalue weighted by Gasteiger charge is 2.08. The smallest absolute Gasteiger partial charge is 0.181 e. The predicted octanol–water partition coefficient (Wildman–Crippen LogP) is 2.19. The van der Waals surface area contributed by atoms with E-state index in [0.717, 1.165) is 6.07 Å². The van der Waals surface area contributed by atoms with E-state index in [4.69, 9.17) is 0 Å². The van der Waals surface area contributed by atoms with Crippen molar-refractivity contribution in [2.45, 2.75) is 20.0 Å². The zero-order valence-corrected chi connectivity index (χ0v) is 9.32. The quantitative estimate of drug-likeness (QED) is 0.887. The van der Waals surface area contributed by atoms with Gasteiger partial charge in [0.2, 0.25) is 0 Å². The summed E-state index contributed by atoms with van der Waals surface area (Å²) in [5, 5.41) is 6.78. The van der Waals surface area contributed by atoms with Gasteiger partial charge in [-0.25, -0.2) is 18.4 Å². The van der Waals surface area contributed by atoms with Crippen molar-refractivity contribution >= 4 is 5.69 Å². The Morgan fingerprint density at radius 3 is 2.94 bits per heavy atom. The van der Waals surface area contributed by atoms with Gasteiger partial charge < -0.3 is 5.32 Å². The van der Waals surface area contributed by atoms with Crippen LogP contribution in [0.25, 0.3) is 0 Å². The van der Waals surface area contributed by atoms with E-state index in [-0.39, 0.29) is 5.69 Å². The Hall–Kier alpha value is -1.98. The number of hydrogen-bond acceptors (Lipinski definition) is 3. The van der Waals surface area contributed by atoms with Gasteiger partial charge in [-0.3, -0.25) is 0 Å². The number of aryl methyl sites for hydroxylation is 1. The third kappa shape index (κ3) is 2.41. The molecule has 0 saturated heterocycles. The first kappa shape index (κ1) is 11.5. The Morgan fingerprint density at radius 1 is 1.35 bits per heavy atom. The molecule has 2 aromatic rings. The lowest BCUT2D eigenvalue weighted by molar-refractivity contribution is 0.510. The van der Waals surface area contributed by atoms with Crippen molar-refractivity contribution in [3.05, 3.63) is 42.0 Å². The SMILES string of the molecule is CCn1ncnc1CNc1cccc(F)c1F. The van der Waals surface area contributed by atoms with Gasteiger partial charge in [0.05, 0.1) is 12.2 Å². The maximum absolute atomic E-state index is 13.3. The highest BCUT2D eigenvalue weighted by atomic mass is 19.2. The molecule has 2 rings (SSSR count). The zero-order valence-electron chi connectivity index (χ0n) is 9.32. The standard InChI is InChI=1S/C11H12F2N4/c1-2-17-10(15-7-16-17)6-14-9-5-3-4-8(12)11(9)13/h3-5,7,14H,2,6H2,1H3. The minimum atomic E-state index is -0.880. The highest BCUT2D eigenvalue weighted by molar-refractivity contribution is 5.44. The van der Waals surface area contributed by atoms with Crippen LogP contribution in [0.3, 0.4) is 0 Å². The number of hydrogen-bond donors (Lipinski definition) is 1. The molecular weight excluding hydrogens is 226 g/mol. The maximum atomic E-state index is 13.3. The molecule has 1 N–H and O–H groups in total. The number of rotatable bonds is 4. The summed E-state index contributed by atoms with van der Waals surface area (Å²) in [6.45, 7) is 2.91. The summed E-state index contributed by atoms with van der Waals surface area (Å²) in [5.74, 6) is -1.07. The molecule has 17 heavy (non-hydrogen) atoms. The minimum Gasteiger partial charge on any atom is -0.375 e. The molecule has 0 aliphatic carbocycles. The van der Waals surface area contributed by atoms with E-state index < -0.39 is 11.6 Å². The van der Waals surface area contributed by atoms with Crippen LogP contribution in [0.2, 0.25) is 0 Å². The molecule has 1 aromatic carbocycles. The molecule has 0 fully saturated rings. The molecule has 1 aromatic heterocycles. The van der Waals surface area contributed by atoms with Crippen molar-refractivity contribution in [1.82, 2.24) is 14.8 Å². The van der Waals surface area contributed by atoms with Crippen molar-refractivity contribution in [2.24, 2.45) is 0 Å². The van der Waals surface area contributed by atoms with E-state index >= 15 is 0 Å². The molecule has 0 radical (unpaired) electrons. The van der Waals surface area contributed by atoms with Crippen molar-refractivity contribution < 1.29 is 8.78 Å². The number of nitrogens with one attached hydrogen (secondary N) is 1. The minimum absolute atomic E-state index is 0.121. The first-order valence-electron chi connectivity index (χ1n) is 5.27. The third-order valence-corrected chi connectivity index (χ3v) is 2.38. The topological polar surface area (TPSA) is 42.7 Å². The number of halogens is 2. The Morgan fingerprint density at radius 2 is 2.18 bits per heavy atom. The van der Waals surface area contributed by atoms with Gasteiger partial charge in [0.25, 0.3) is 0 Å². The van der Waals surface area contributed by atoms with E-state index in [9.17, 15) is 8.78 Å². The summed E-state index contributed by atoms with van der Waals surface area (Å²) in [5.41, 5.74) is 0.121. The fraction of sp³-hybridized carbons (Fsp3) is 0.273. The van der Waals surface area contributed by atoms with Crippen LogP contribution in [-0.4, -0.2) is 14.8 Å². The Bertz CT molecular complexity index is 510. The third-order valence-electron chi connectivity index (χ3n) is 2.38. The fourth-order valence-electron chi connectivity index (χ4n) is 1.50. The molecule has 0 bridgehead atoms. The largest absolute Gasteiger partial charge is 0.375 e. The van der Waals surface area contributed by atoms with Crippen LogP contribution in [0.5, 0.6) is 0 Å². The van der Waals surface area contributed by atoms with Crippen molar-refractivity contribution in [2.75, 3.05) is 5.32 Å². The summed E-state index contributed by atoms with van der Waals surface area (Å²) >= 11 is 0. The second-order valence-corrected chi connectivity index (χ2v) is 3.45. The van der Waals surface area contributed by atoms with E-state index in [1.165, 1.54) is 18.5 Å². The normalized spacial score (nSPS) is 10.5. The van der Waals surface area contributed by atoms with Gasteiger partial charge in [-0.2, -0.15) is 5.10 Å². The van der Waals surface area contributed by atoms with Crippen LogP contribution >= 0.6 is 0 Å². The van der Waals surface area contributed by atoms with Gasteiger partial charge in [-0.05, 0) is 19.1 Å². The van der Waals surface area contributed by atoms with Gasteiger partial charge in [0.1, 0.15) is 12.2 Å². The van der Waals surface area contributed by atoms with Crippen LogP contribution in [0.15, 0.2) is 24.5 Å². The van der Waals surface area contributed by atoms with Crippen LogP contribution in [-0.2, 0) is 13.1 Å². The maximum Gasteiger partial charge on any atom is 0.181 e. The van der Waals surface area contributed by atoms with E-state index in [1.54, 1.807) is 4.68 Å². The lowest BCUT2D eigenvalue weighted by Crippen LogP contribution is -2.10. The summed E-state index contributed by atoms with van der Waals surface area (Å²) in [4.78, 5) is 4.03. The molecular formula is C11H12F2N4. The molecule has 90 valence electrons. The molecule has 0 aliphatic heterocycles. The highest BCUT2D eigenvalue weighted by Crippen LogP contribution is 2.16. The molecule has 4 nitrogen and oxygen atoms in total. The second kappa shape index (κ2) is 4.90. The first-order chi connectivity index (χ1) is 8.22. The van der Waals surface area contributed by atoms with E-state index in [0.29, 0.717) is 18.9 Å². The predicted molar refractivity (Wildman–Crippen MR) is 59.4 cm³/mol. The molecule has 0 unspecified atom stereocenters. The van der Waals surface area contributed by atoms with Crippen LogP contribution in [0.4, 0.5) is 14.5 Å². The molecule has 0 spiro atoms. The second-order valence-electron chi connectivity index (χ2n) is 3.45.